The second-order valence-corrected chi connectivity index (χ2v) is 3.82. The molecular weight excluding hydrogens is 208 g/mol. The van der Waals surface area contributed by atoms with Crippen molar-refractivity contribution < 1.29 is 19.7 Å². The number of hydrogen-bond donors (Lipinski definition) is 2. The molecular formula is C12H16O4. The average Bonchev–Trinajstić information content (AvgIpc) is 2.20. The first-order chi connectivity index (χ1) is 7.41. The Morgan fingerprint density at radius 2 is 2.00 bits per heavy atom. The van der Waals surface area contributed by atoms with E-state index in [1.165, 1.54) is 6.92 Å². The number of ether oxygens (including phenoxy) is 1. The van der Waals surface area contributed by atoms with E-state index < -0.39 is 18.2 Å². The third-order valence-corrected chi connectivity index (χ3v) is 2.27. The topological polar surface area (TPSA) is 66.8 Å². The van der Waals surface area contributed by atoms with Crippen molar-refractivity contribution in [1.29, 1.82) is 0 Å². The Kier molecular flexibility index (Phi) is 3.90. The van der Waals surface area contributed by atoms with Gasteiger partial charge in [-0.2, -0.15) is 0 Å². The minimum Gasteiger partial charge on any atom is -0.479 e. The fourth-order valence-electron chi connectivity index (χ4n) is 1.34. The molecule has 0 spiro atoms. The van der Waals surface area contributed by atoms with E-state index in [0.717, 1.165) is 5.56 Å². The average molecular weight is 224 g/mol. The molecule has 0 radical (unpaired) electrons. The van der Waals surface area contributed by atoms with Crippen LogP contribution in [0.5, 0.6) is 5.75 Å². The van der Waals surface area contributed by atoms with Crippen LogP contribution in [-0.4, -0.2) is 22.3 Å². The molecule has 1 aromatic rings. The maximum atomic E-state index is 10.7. The summed E-state index contributed by atoms with van der Waals surface area (Å²) in [6.45, 7) is 4.97. The molecule has 0 heterocycles. The van der Waals surface area contributed by atoms with Gasteiger partial charge in [0, 0.05) is 5.56 Å². The number of aliphatic hydroxyl groups excluding tert-OH is 1. The van der Waals surface area contributed by atoms with E-state index in [-0.39, 0.29) is 0 Å². The van der Waals surface area contributed by atoms with Crippen LogP contribution in [0.2, 0.25) is 0 Å². The molecule has 0 aliphatic carbocycles. The van der Waals surface area contributed by atoms with E-state index in [1.807, 2.05) is 13.0 Å². The second-order valence-electron chi connectivity index (χ2n) is 3.82. The number of carboxylic acid groups (broad SMARTS) is 1. The molecule has 1 rings (SSSR count). The van der Waals surface area contributed by atoms with Crippen molar-refractivity contribution in [2.75, 3.05) is 0 Å². The summed E-state index contributed by atoms with van der Waals surface area (Å²) in [6.07, 6.45) is -1.61. The number of aliphatic carboxylic acids is 1. The number of carboxylic acids is 1. The Bertz CT molecular complexity index is 385. The highest BCUT2D eigenvalue weighted by Gasteiger charge is 2.16. The van der Waals surface area contributed by atoms with Crippen LogP contribution in [0.3, 0.4) is 0 Å². The SMILES string of the molecule is Cc1ccc(OC(C)C(=O)O)c([C@@H](C)O)c1. The third-order valence-electron chi connectivity index (χ3n) is 2.27. The summed E-state index contributed by atoms with van der Waals surface area (Å²) >= 11 is 0. The van der Waals surface area contributed by atoms with Gasteiger partial charge in [-0.15, -0.1) is 0 Å². The van der Waals surface area contributed by atoms with Gasteiger partial charge in [-0.05, 0) is 32.9 Å². The first-order valence-electron chi connectivity index (χ1n) is 5.10. The lowest BCUT2D eigenvalue weighted by Crippen LogP contribution is -2.23. The number of aliphatic hydroxyl groups is 1. The summed E-state index contributed by atoms with van der Waals surface area (Å²) in [5.74, 6) is -0.618. The number of hydrogen-bond acceptors (Lipinski definition) is 3. The summed E-state index contributed by atoms with van der Waals surface area (Å²) in [4.78, 5) is 10.7. The van der Waals surface area contributed by atoms with E-state index in [2.05, 4.69) is 0 Å². The summed E-state index contributed by atoms with van der Waals surface area (Å²) in [7, 11) is 0. The quantitative estimate of drug-likeness (QED) is 0.819. The zero-order valence-electron chi connectivity index (χ0n) is 9.60. The lowest BCUT2D eigenvalue weighted by molar-refractivity contribution is -0.144. The first-order valence-corrected chi connectivity index (χ1v) is 5.10. The number of carbonyl (C=O) groups is 1. The highest BCUT2D eigenvalue weighted by molar-refractivity contribution is 5.72. The summed E-state index contributed by atoms with van der Waals surface area (Å²) in [5, 5.41) is 18.3. The second kappa shape index (κ2) is 4.99. The maximum Gasteiger partial charge on any atom is 0.344 e. The minimum atomic E-state index is -1.03. The normalized spacial score (nSPS) is 14.2. The Labute approximate surface area is 94.5 Å². The molecule has 0 aliphatic rings. The van der Waals surface area contributed by atoms with Gasteiger partial charge in [-0.1, -0.05) is 11.6 Å². The standard InChI is InChI=1S/C12H16O4/c1-7-4-5-11(10(6-7)8(2)13)16-9(3)12(14)15/h4-6,8-9,13H,1-3H3,(H,14,15)/t8-,9?/m1/s1. The molecule has 4 nitrogen and oxygen atoms in total. The van der Waals surface area contributed by atoms with E-state index >= 15 is 0 Å². The van der Waals surface area contributed by atoms with Crippen LogP contribution in [0.4, 0.5) is 0 Å². The maximum absolute atomic E-state index is 10.7. The molecule has 4 heteroatoms. The lowest BCUT2D eigenvalue weighted by Gasteiger charge is -2.16. The molecule has 1 unspecified atom stereocenters. The molecule has 0 aromatic heterocycles. The van der Waals surface area contributed by atoms with Crippen molar-refractivity contribution in [3.63, 3.8) is 0 Å². The van der Waals surface area contributed by atoms with Gasteiger partial charge in [0.2, 0.25) is 0 Å². The van der Waals surface area contributed by atoms with Crippen molar-refractivity contribution in [3.05, 3.63) is 29.3 Å². The number of aryl methyl sites for hydroxylation is 1. The zero-order valence-corrected chi connectivity index (χ0v) is 9.60. The monoisotopic (exact) mass is 224 g/mol. The van der Waals surface area contributed by atoms with Crippen molar-refractivity contribution in [3.8, 4) is 5.75 Å². The van der Waals surface area contributed by atoms with E-state index in [4.69, 9.17) is 9.84 Å². The molecule has 2 atom stereocenters. The van der Waals surface area contributed by atoms with Crippen LogP contribution in [0.1, 0.15) is 31.1 Å². The number of benzene rings is 1. The Balaban J connectivity index is 2.99. The fraction of sp³-hybridized carbons (Fsp3) is 0.417. The molecule has 0 fully saturated rings. The summed E-state index contributed by atoms with van der Waals surface area (Å²) < 4.78 is 5.26. The molecule has 16 heavy (non-hydrogen) atoms. The Hall–Kier alpha value is -1.55. The van der Waals surface area contributed by atoms with E-state index in [1.54, 1.807) is 19.1 Å². The van der Waals surface area contributed by atoms with Crippen molar-refractivity contribution in [1.82, 2.24) is 0 Å². The van der Waals surface area contributed by atoms with E-state index in [9.17, 15) is 9.90 Å². The fourth-order valence-corrected chi connectivity index (χ4v) is 1.34. The highest BCUT2D eigenvalue weighted by Crippen LogP contribution is 2.27. The van der Waals surface area contributed by atoms with Crippen LogP contribution in [0, 0.1) is 6.92 Å². The van der Waals surface area contributed by atoms with Crippen LogP contribution < -0.4 is 4.74 Å². The predicted octanol–water partition coefficient (Wildman–Crippen LogP) is 1.90. The lowest BCUT2D eigenvalue weighted by atomic mass is 10.1. The Morgan fingerprint density at radius 1 is 1.38 bits per heavy atom. The van der Waals surface area contributed by atoms with Gasteiger partial charge >= 0.3 is 5.97 Å². The predicted molar refractivity (Wildman–Crippen MR) is 59.5 cm³/mol. The van der Waals surface area contributed by atoms with Crippen LogP contribution in [0.15, 0.2) is 18.2 Å². The summed E-state index contributed by atoms with van der Waals surface area (Å²) in [6, 6.07) is 5.28. The van der Waals surface area contributed by atoms with Gasteiger partial charge in [-0.3, -0.25) is 0 Å². The van der Waals surface area contributed by atoms with Crippen LogP contribution in [0.25, 0.3) is 0 Å². The smallest absolute Gasteiger partial charge is 0.344 e. The largest absolute Gasteiger partial charge is 0.479 e. The van der Waals surface area contributed by atoms with Gasteiger partial charge in [-0.25, -0.2) is 4.79 Å². The zero-order chi connectivity index (χ0) is 12.3. The van der Waals surface area contributed by atoms with Gasteiger partial charge in [0.05, 0.1) is 6.10 Å². The summed E-state index contributed by atoms with van der Waals surface area (Å²) in [5.41, 5.74) is 1.60. The molecule has 88 valence electrons. The Morgan fingerprint density at radius 3 is 2.50 bits per heavy atom. The van der Waals surface area contributed by atoms with Gasteiger partial charge in [0.15, 0.2) is 6.10 Å². The first kappa shape index (κ1) is 12.5. The van der Waals surface area contributed by atoms with Crippen molar-refractivity contribution in [2.45, 2.75) is 33.0 Å². The van der Waals surface area contributed by atoms with Crippen molar-refractivity contribution in [2.24, 2.45) is 0 Å². The highest BCUT2D eigenvalue weighted by atomic mass is 16.5. The van der Waals surface area contributed by atoms with Gasteiger partial charge in [0.1, 0.15) is 5.75 Å². The molecule has 1 aromatic carbocycles. The van der Waals surface area contributed by atoms with E-state index in [0.29, 0.717) is 11.3 Å². The number of rotatable bonds is 4. The van der Waals surface area contributed by atoms with Crippen LogP contribution >= 0.6 is 0 Å². The molecule has 0 saturated heterocycles. The molecule has 0 bridgehead atoms. The van der Waals surface area contributed by atoms with Crippen LogP contribution in [-0.2, 0) is 4.79 Å². The van der Waals surface area contributed by atoms with Crippen molar-refractivity contribution >= 4 is 5.97 Å². The molecule has 0 saturated carbocycles. The minimum absolute atomic E-state index is 0.413. The molecule has 2 N–H and O–H groups in total. The third kappa shape index (κ3) is 2.97. The molecule has 0 aliphatic heterocycles. The molecule has 0 amide bonds. The van der Waals surface area contributed by atoms with Gasteiger partial charge in [0.25, 0.3) is 0 Å². The van der Waals surface area contributed by atoms with Gasteiger partial charge < -0.3 is 14.9 Å².